The van der Waals surface area contributed by atoms with Gasteiger partial charge in [-0.3, -0.25) is 9.59 Å². The lowest BCUT2D eigenvalue weighted by atomic mass is 10.2. The van der Waals surface area contributed by atoms with E-state index in [1.165, 1.54) is 18.0 Å². The maximum Gasteiger partial charge on any atom is 0.262 e. The molecule has 4 aromatic rings. The van der Waals surface area contributed by atoms with Crippen LogP contribution < -0.4 is 5.56 Å². The van der Waals surface area contributed by atoms with Crippen molar-refractivity contribution in [2.75, 3.05) is 12.8 Å². The third kappa shape index (κ3) is 4.31. The molecule has 30 heavy (non-hydrogen) atoms. The van der Waals surface area contributed by atoms with Gasteiger partial charge in [-0.1, -0.05) is 64.1 Å². The number of rotatable bonds is 6. The number of hydrogen-bond acceptors (Lipinski definition) is 5. The molecule has 0 aliphatic rings. The lowest BCUT2D eigenvalue weighted by Crippen LogP contribution is -2.28. The van der Waals surface area contributed by atoms with E-state index in [0.29, 0.717) is 22.7 Å². The zero-order valence-corrected chi connectivity index (χ0v) is 18.5. The fourth-order valence-corrected chi connectivity index (χ4v) is 4.14. The van der Waals surface area contributed by atoms with Crippen LogP contribution in [0.2, 0.25) is 0 Å². The molecule has 0 aliphatic carbocycles. The maximum absolute atomic E-state index is 12.6. The molecule has 0 bridgehead atoms. The third-order valence-corrected chi connectivity index (χ3v) is 6.17. The largest absolute Gasteiger partial charge is 0.341 e. The Kier molecular flexibility index (Phi) is 6.01. The Morgan fingerprint density at radius 2 is 1.90 bits per heavy atom. The van der Waals surface area contributed by atoms with Crippen LogP contribution in [-0.4, -0.2) is 43.4 Å². The van der Waals surface area contributed by atoms with Gasteiger partial charge < -0.3 is 9.88 Å². The molecule has 0 atom stereocenters. The normalized spacial score (nSPS) is 11.0. The van der Waals surface area contributed by atoms with Gasteiger partial charge in [-0.2, -0.15) is 5.10 Å². The molecule has 2 heterocycles. The lowest BCUT2D eigenvalue weighted by molar-refractivity contribution is -0.127. The van der Waals surface area contributed by atoms with Crippen LogP contribution in [0.25, 0.3) is 16.7 Å². The zero-order chi connectivity index (χ0) is 21.1. The molecule has 0 fully saturated rings. The number of aromatic amines is 1. The standard InChI is InChI=1S/C21H18BrN5O2S/c1-26(12-14-7-5-6-10-17(14)22)18(28)13-30-21-24-19-16(20(29)25-21)11-23-27(19)15-8-3-2-4-9-15/h2-11H,12-13H2,1H3,(H,24,25,29). The minimum absolute atomic E-state index is 0.0601. The number of aromatic nitrogens is 4. The van der Waals surface area contributed by atoms with Gasteiger partial charge in [-0.15, -0.1) is 0 Å². The number of amides is 1. The van der Waals surface area contributed by atoms with Crippen LogP contribution >= 0.6 is 27.7 Å². The van der Waals surface area contributed by atoms with E-state index >= 15 is 0 Å². The number of nitrogens with one attached hydrogen (secondary N) is 1. The summed E-state index contributed by atoms with van der Waals surface area (Å²) in [6.45, 7) is 0.491. The molecule has 9 heteroatoms. The Morgan fingerprint density at radius 3 is 2.67 bits per heavy atom. The van der Waals surface area contributed by atoms with E-state index in [0.717, 1.165) is 15.7 Å². The van der Waals surface area contributed by atoms with E-state index in [2.05, 4.69) is 31.0 Å². The summed E-state index contributed by atoms with van der Waals surface area (Å²) in [6, 6.07) is 17.3. The molecule has 7 nitrogen and oxygen atoms in total. The number of benzene rings is 2. The molecule has 1 amide bonds. The number of para-hydroxylation sites is 1. The molecule has 0 aliphatic heterocycles. The number of hydrogen-bond donors (Lipinski definition) is 1. The summed E-state index contributed by atoms with van der Waals surface area (Å²) in [4.78, 5) is 33.9. The summed E-state index contributed by atoms with van der Waals surface area (Å²) in [6.07, 6.45) is 1.50. The van der Waals surface area contributed by atoms with E-state index < -0.39 is 0 Å². The van der Waals surface area contributed by atoms with Crippen molar-refractivity contribution in [2.24, 2.45) is 0 Å². The Morgan fingerprint density at radius 1 is 1.17 bits per heavy atom. The highest BCUT2D eigenvalue weighted by atomic mass is 79.9. The number of fused-ring (bicyclic) bond motifs is 1. The molecule has 1 N–H and O–H groups in total. The van der Waals surface area contributed by atoms with Gasteiger partial charge in [0, 0.05) is 18.1 Å². The first-order chi connectivity index (χ1) is 14.5. The monoisotopic (exact) mass is 483 g/mol. The average molecular weight is 484 g/mol. The number of carbonyl (C=O) groups is 1. The molecule has 2 aromatic heterocycles. The van der Waals surface area contributed by atoms with E-state index in [9.17, 15) is 9.59 Å². The van der Waals surface area contributed by atoms with Crippen LogP contribution in [-0.2, 0) is 11.3 Å². The second-order valence-electron chi connectivity index (χ2n) is 6.63. The van der Waals surface area contributed by atoms with Gasteiger partial charge in [0.05, 0.1) is 17.6 Å². The molecule has 2 aromatic carbocycles. The van der Waals surface area contributed by atoms with Crippen molar-refractivity contribution in [2.45, 2.75) is 11.7 Å². The molecule has 0 unspecified atom stereocenters. The van der Waals surface area contributed by atoms with Crippen molar-refractivity contribution in [1.29, 1.82) is 0 Å². The van der Waals surface area contributed by atoms with Crippen LogP contribution in [0.5, 0.6) is 0 Å². The minimum atomic E-state index is -0.279. The van der Waals surface area contributed by atoms with Crippen LogP contribution in [0.3, 0.4) is 0 Å². The lowest BCUT2D eigenvalue weighted by Gasteiger charge is -2.17. The molecule has 0 radical (unpaired) electrons. The van der Waals surface area contributed by atoms with Gasteiger partial charge in [-0.05, 0) is 23.8 Å². The Balaban J connectivity index is 1.51. The number of thioether (sulfide) groups is 1. The first-order valence-electron chi connectivity index (χ1n) is 9.16. The SMILES string of the molecule is CN(Cc1ccccc1Br)C(=O)CSc1nc2c(cnn2-c2ccccc2)c(=O)[nH]1. The average Bonchev–Trinajstić information content (AvgIpc) is 3.19. The summed E-state index contributed by atoms with van der Waals surface area (Å²) in [7, 11) is 1.76. The summed E-state index contributed by atoms with van der Waals surface area (Å²) in [5.74, 6) is 0.101. The van der Waals surface area contributed by atoms with Crippen molar-refractivity contribution in [3.63, 3.8) is 0 Å². The van der Waals surface area contributed by atoms with Gasteiger partial charge in [0.1, 0.15) is 5.39 Å². The first kappa shape index (κ1) is 20.4. The second-order valence-corrected chi connectivity index (χ2v) is 8.45. The highest BCUT2D eigenvalue weighted by molar-refractivity contribution is 9.10. The molecule has 0 saturated carbocycles. The third-order valence-electron chi connectivity index (χ3n) is 4.54. The predicted molar refractivity (Wildman–Crippen MR) is 121 cm³/mol. The smallest absolute Gasteiger partial charge is 0.262 e. The molecule has 0 spiro atoms. The van der Waals surface area contributed by atoms with E-state index in [4.69, 9.17) is 0 Å². The number of carbonyl (C=O) groups excluding carboxylic acids is 1. The highest BCUT2D eigenvalue weighted by Gasteiger charge is 2.15. The van der Waals surface area contributed by atoms with E-state index in [1.54, 1.807) is 16.6 Å². The number of H-pyrrole nitrogens is 1. The molecular formula is C21H18BrN5O2S. The first-order valence-corrected chi connectivity index (χ1v) is 10.9. The summed E-state index contributed by atoms with van der Waals surface area (Å²) < 4.78 is 2.58. The Hall–Kier alpha value is -2.91. The summed E-state index contributed by atoms with van der Waals surface area (Å²) in [5.41, 5.74) is 2.02. The number of nitrogens with zero attached hydrogens (tertiary/aromatic N) is 4. The van der Waals surface area contributed by atoms with Crippen molar-refractivity contribution >= 4 is 44.6 Å². The zero-order valence-electron chi connectivity index (χ0n) is 16.1. The van der Waals surface area contributed by atoms with Crippen molar-refractivity contribution in [1.82, 2.24) is 24.6 Å². The van der Waals surface area contributed by atoms with Crippen LogP contribution in [0.15, 0.2) is 75.2 Å². The highest BCUT2D eigenvalue weighted by Crippen LogP contribution is 2.20. The van der Waals surface area contributed by atoms with Gasteiger partial charge in [0.2, 0.25) is 5.91 Å². The predicted octanol–water partition coefficient (Wildman–Crippen LogP) is 3.62. The molecule has 152 valence electrons. The second kappa shape index (κ2) is 8.85. The molecule has 0 saturated heterocycles. The van der Waals surface area contributed by atoms with Gasteiger partial charge in [-0.25, -0.2) is 9.67 Å². The maximum atomic E-state index is 12.6. The summed E-state index contributed by atoms with van der Waals surface area (Å²) in [5, 5.41) is 5.08. The fraction of sp³-hybridized carbons (Fsp3) is 0.143. The topological polar surface area (TPSA) is 83.9 Å². The van der Waals surface area contributed by atoms with Crippen LogP contribution in [0, 0.1) is 0 Å². The summed E-state index contributed by atoms with van der Waals surface area (Å²) >= 11 is 4.70. The van der Waals surface area contributed by atoms with Gasteiger partial charge in [0.25, 0.3) is 5.56 Å². The van der Waals surface area contributed by atoms with E-state index in [-0.39, 0.29) is 17.2 Å². The Bertz CT molecular complexity index is 1260. The van der Waals surface area contributed by atoms with Gasteiger partial charge in [0.15, 0.2) is 10.8 Å². The van der Waals surface area contributed by atoms with Crippen molar-refractivity contribution in [3.05, 3.63) is 81.2 Å². The van der Waals surface area contributed by atoms with Crippen molar-refractivity contribution in [3.8, 4) is 5.69 Å². The molecular weight excluding hydrogens is 466 g/mol. The van der Waals surface area contributed by atoms with Crippen molar-refractivity contribution < 1.29 is 4.79 Å². The Labute approximate surface area is 185 Å². The quantitative estimate of drug-likeness (QED) is 0.334. The van der Waals surface area contributed by atoms with Crippen LogP contribution in [0.4, 0.5) is 0 Å². The number of halogens is 1. The van der Waals surface area contributed by atoms with Gasteiger partial charge >= 0.3 is 0 Å². The fourth-order valence-electron chi connectivity index (χ4n) is 2.94. The van der Waals surface area contributed by atoms with Crippen LogP contribution in [0.1, 0.15) is 5.56 Å². The van der Waals surface area contributed by atoms with E-state index in [1.807, 2.05) is 54.6 Å². The minimum Gasteiger partial charge on any atom is -0.341 e. The molecule has 4 rings (SSSR count).